The Hall–Kier alpha value is -3.56. The molecule has 1 aliphatic heterocycles. The number of aryl methyl sites for hydroxylation is 1. The molecule has 3 N–H and O–H groups in total. The molecule has 3 aromatic rings. The smallest absolute Gasteiger partial charge is 0.266 e. The highest BCUT2D eigenvalue weighted by molar-refractivity contribution is 7.85. The lowest BCUT2D eigenvalue weighted by atomic mass is 9.81. The van der Waals surface area contributed by atoms with E-state index >= 15 is 0 Å². The summed E-state index contributed by atoms with van der Waals surface area (Å²) in [4.78, 5) is 23.6. The number of hydrogen-bond donors (Lipinski definition) is 2. The number of guanidine groups is 1. The number of pyridine rings is 1. The van der Waals surface area contributed by atoms with Gasteiger partial charge in [0.05, 0.1) is 5.75 Å². The monoisotopic (exact) mass is 464 g/mol. The number of nitrogens with zero attached hydrogens (tertiary/aromatic N) is 3. The van der Waals surface area contributed by atoms with Gasteiger partial charge in [-0.3, -0.25) is 19.2 Å². The summed E-state index contributed by atoms with van der Waals surface area (Å²) >= 11 is 0. The Morgan fingerprint density at radius 1 is 1.03 bits per heavy atom. The first kappa shape index (κ1) is 22.6. The van der Waals surface area contributed by atoms with E-state index in [1.165, 1.54) is 4.90 Å². The number of benzene rings is 2. The topological polar surface area (TPSA) is 126 Å². The number of carbonyl (C=O) groups is 1. The van der Waals surface area contributed by atoms with Crippen molar-refractivity contribution < 1.29 is 17.8 Å². The molecule has 0 saturated heterocycles. The highest BCUT2D eigenvalue weighted by Crippen LogP contribution is 2.40. The molecule has 9 heteroatoms. The van der Waals surface area contributed by atoms with E-state index in [2.05, 4.69) is 9.98 Å². The fraction of sp³-hybridized carbons (Fsp3) is 0.208. The predicted molar refractivity (Wildman–Crippen MR) is 126 cm³/mol. The van der Waals surface area contributed by atoms with Gasteiger partial charge in [-0.15, -0.1) is 0 Å². The molecule has 1 atom stereocenters. The summed E-state index contributed by atoms with van der Waals surface area (Å²) in [5.74, 6) is -0.435. The second-order valence-electron chi connectivity index (χ2n) is 7.95. The number of aromatic nitrogens is 1. The maximum atomic E-state index is 13.5. The molecule has 2 heterocycles. The Bertz CT molecular complexity index is 1310. The van der Waals surface area contributed by atoms with Gasteiger partial charge in [0.1, 0.15) is 0 Å². The lowest BCUT2D eigenvalue weighted by molar-refractivity contribution is -0.129. The van der Waals surface area contributed by atoms with Gasteiger partial charge in [0.25, 0.3) is 16.0 Å². The first-order valence-corrected chi connectivity index (χ1v) is 12.0. The van der Waals surface area contributed by atoms with E-state index in [0.29, 0.717) is 24.0 Å². The average molecular weight is 465 g/mol. The standard InChI is InChI=1S/C24H24N4O4S/c1-28-22(29)24(27-23(28)25,20-11-9-17(10-12-20)5-4-14-33(30,31)32)21-8-2-6-18(15-21)19-7-3-13-26-16-19/h2-3,6-13,15-16H,4-5,14H2,1H3,(H2,25,27)(H,30,31,32). The molecule has 0 aliphatic carbocycles. The Morgan fingerprint density at radius 3 is 2.36 bits per heavy atom. The fourth-order valence-corrected chi connectivity index (χ4v) is 4.52. The number of hydrogen-bond acceptors (Lipinski definition) is 6. The minimum Gasteiger partial charge on any atom is -0.369 e. The zero-order valence-corrected chi connectivity index (χ0v) is 18.9. The van der Waals surface area contributed by atoms with Crippen molar-refractivity contribution in [1.29, 1.82) is 0 Å². The van der Waals surface area contributed by atoms with Gasteiger partial charge in [-0.25, -0.2) is 4.99 Å². The molecule has 33 heavy (non-hydrogen) atoms. The zero-order valence-electron chi connectivity index (χ0n) is 18.0. The minimum atomic E-state index is -3.99. The molecule has 1 unspecified atom stereocenters. The van der Waals surface area contributed by atoms with Crippen molar-refractivity contribution in [2.75, 3.05) is 12.8 Å². The number of likely N-dealkylation sites (N-methyl/N-ethyl adjacent to an activating group) is 1. The Morgan fingerprint density at radius 2 is 1.76 bits per heavy atom. The van der Waals surface area contributed by atoms with Crippen LogP contribution < -0.4 is 5.73 Å². The second-order valence-corrected chi connectivity index (χ2v) is 9.53. The van der Waals surface area contributed by atoms with Crippen LogP contribution in [0, 0.1) is 0 Å². The molecule has 0 spiro atoms. The maximum Gasteiger partial charge on any atom is 0.266 e. The quantitative estimate of drug-likeness (QED) is 0.518. The summed E-state index contributed by atoms with van der Waals surface area (Å²) < 4.78 is 30.8. The van der Waals surface area contributed by atoms with Crippen molar-refractivity contribution in [2.24, 2.45) is 10.7 Å². The number of amides is 1. The lowest BCUT2D eigenvalue weighted by Crippen LogP contribution is -2.41. The SMILES string of the molecule is CN1C(=O)C(c2ccc(CCCS(=O)(=O)O)cc2)(c2cccc(-c3cccnc3)c2)N=C1N. The van der Waals surface area contributed by atoms with Gasteiger partial charge in [-0.1, -0.05) is 48.5 Å². The summed E-state index contributed by atoms with van der Waals surface area (Å²) in [7, 11) is -2.40. The Kier molecular flexibility index (Phi) is 6.01. The molecular weight excluding hydrogens is 440 g/mol. The molecule has 1 aromatic heterocycles. The van der Waals surface area contributed by atoms with Crippen molar-refractivity contribution >= 4 is 22.0 Å². The third kappa shape index (κ3) is 4.50. The largest absolute Gasteiger partial charge is 0.369 e. The molecule has 4 rings (SSSR count). The Labute approximate surface area is 192 Å². The number of rotatable bonds is 7. The zero-order chi connectivity index (χ0) is 23.6. The lowest BCUT2D eigenvalue weighted by Gasteiger charge is -2.26. The van der Waals surface area contributed by atoms with Crippen LogP contribution in [-0.4, -0.2) is 47.5 Å². The molecule has 0 fully saturated rings. The first-order valence-electron chi connectivity index (χ1n) is 10.4. The van der Waals surface area contributed by atoms with Crippen molar-refractivity contribution in [3.63, 3.8) is 0 Å². The van der Waals surface area contributed by atoms with Crippen LogP contribution in [0.25, 0.3) is 11.1 Å². The summed E-state index contributed by atoms with van der Waals surface area (Å²) in [5.41, 5.74) is 8.78. The molecule has 8 nitrogen and oxygen atoms in total. The van der Waals surface area contributed by atoms with E-state index in [9.17, 15) is 13.2 Å². The van der Waals surface area contributed by atoms with E-state index < -0.39 is 15.7 Å². The number of aliphatic imine (C=N–C) groups is 1. The van der Waals surface area contributed by atoms with Crippen LogP contribution in [0.1, 0.15) is 23.1 Å². The Balaban J connectivity index is 1.74. The number of nitrogens with two attached hydrogens (primary N) is 1. The molecule has 0 radical (unpaired) electrons. The summed E-state index contributed by atoms with van der Waals surface area (Å²) in [6, 6.07) is 18.7. The van der Waals surface area contributed by atoms with Crippen LogP contribution >= 0.6 is 0 Å². The molecule has 1 amide bonds. The highest BCUT2D eigenvalue weighted by atomic mass is 32.2. The van der Waals surface area contributed by atoms with E-state index in [-0.39, 0.29) is 17.6 Å². The molecule has 0 saturated carbocycles. The molecule has 170 valence electrons. The van der Waals surface area contributed by atoms with Gasteiger partial charge >= 0.3 is 0 Å². The molecule has 0 bridgehead atoms. The van der Waals surface area contributed by atoms with Crippen molar-refractivity contribution in [3.8, 4) is 11.1 Å². The van der Waals surface area contributed by atoms with Crippen LogP contribution in [0.4, 0.5) is 0 Å². The van der Waals surface area contributed by atoms with E-state index in [1.54, 1.807) is 19.4 Å². The van der Waals surface area contributed by atoms with Crippen LogP contribution in [0.15, 0.2) is 78.0 Å². The molecule has 1 aliphatic rings. The van der Waals surface area contributed by atoms with Crippen LogP contribution in [0.3, 0.4) is 0 Å². The second kappa shape index (κ2) is 8.76. The van der Waals surface area contributed by atoms with Crippen LogP contribution in [0.5, 0.6) is 0 Å². The minimum absolute atomic E-state index is 0.129. The highest BCUT2D eigenvalue weighted by Gasteiger charge is 2.49. The van der Waals surface area contributed by atoms with Crippen molar-refractivity contribution in [1.82, 2.24) is 9.88 Å². The fourth-order valence-electron chi connectivity index (χ4n) is 4.01. The van der Waals surface area contributed by atoms with Crippen molar-refractivity contribution in [2.45, 2.75) is 18.4 Å². The average Bonchev–Trinajstić information content (AvgIpc) is 3.04. The third-order valence-electron chi connectivity index (χ3n) is 5.75. The number of carbonyl (C=O) groups excluding carboxylic acids is 1. The summed E-state index contributed by atoms with van der Waals surface area (Å²) in [6.45, 7) is 0. The molecular formula is C24H24N4O4S. The van der Waals surface area contributed by atoms with Gasteiger partial charge in [-0.2, -0.15) is 8.42 Å². The predicted octanol–water partition coefficient (Wildman–Crippen LogP) is 2.60. The van der Waals surface area contributed by atoms with Crippen LogP contribution in [-0.2, 0) is 26.9 Å². The first-order chi connectivity index (χ1) is 15.7. The van der Waals surface area contributed by atoms with Gasteiger partial charge < -0.3 is 5.73 Å². The van der Waals surface area contributed by atoms with E-state index in [0.717, 1.165) is 16.7 Å². The third-order valence-corrected chi connectivity index (χ3v) is 6.56. The van der Waals surface area contributed by atoms with E-state index in [4.69, 9.17) is 10.3 Å². The normalized spacial score (nSPS) is 18.4. The van der Waals surface area contributed by atoms with Crippen molar-refractivity contribution in [3.05, 3.63) is 89.7 Å². The van der Waals surface area contributed by atoms with Gasteiger partial charge in [0, 0.05) is 19.4 Å². The van der Waals surface area contributed by atoms with Gasteiger partial charge in [0.2, 0.25) is 0 Å². The van der Waals surface area contributed by atoms with E-state index in [1.807, 2.05) is 60.7 Å². The van der Waals surface area contributed by atoms with Gasteiger partial charge in [-0.05, 0) is 52.8 Å². The summed E-state index contributed by atoms with van der Waals surface area (Å²) in [6.07, 6.45) is 4.23. The molecule has 2 aromatic carbocycles. The van der Waals surface area contributed by atoms with Crippen LogP contribution in [0.2, 0.25) is 0 Å². The maximum absolute atomic E-state index is 13.5. The summed E-state index contributed by atoms with van der Waals surface area (Å²) in [5, 5.41) is 0. The van der Waals surface area contributed by atoms with Gasteiger partial charge in [0.15, 0.2) is 11.5 Å².